The zero-order valence-corrected chi connectivity index (χ0v) is 12.6. The van der Waals surface area contributed by atoms with E-state index >= 15 is 0 Å². The zero-order valence-electron chi connectivity index (χ0n) is 11.0. The summed E-state index contributed by atoms with van der Waals surface area (Å²) < 4.78 is 5.46. The molecule has 0 saturated heterocycles. The van der Waals surface area contributed by atoms with Crippen LogP contribution in [0, 0.1) is 0 Å². The van der Waals surface area contributed by atoms with Crippen LogP contribution in [0.5, 0.6) is 5.75 Å². The third-order valence-corrected chi connectivity index (χ3v) is 2.77. The zero-order chi connectivity index (χ0) is 15.0. The number of nitrogens with one attached hydrogen (secondary N) is 3. The van der Waals surface area contributed by atoms with Crippen molar-refractivity contribution in [1.29, 1.82) is 0 Å². The van der Waals surface area contributed by atoms with Crippen LogP contribution in [0.4, 0.5) is 0 Å². The van der Waals surface area contributed by atoms with Crippen LogP contribution in [0.25, 0.3) is 0 Å². The van der Waals surface area contributed by atoms with Gasteiger partial charge >= 0.3 is 0 Å². The van der Waals surface area contributed by atoms with Gasteiger partial charge in [0.15, 0.2) is 11.2 Å². The van der Waals surface area contributed by atoms with Crippen LogP contribution in [0.1, 0.15) is 6.92 Å². The monoisotopic (exact) mass is 313 g/mol. The molecule has 1 atom stereocenters. The quantitative estimate of drug-likeness (QED) is 0.439. The molecule has 0 bridgehead atoms. The van der Waals surface area contributed by atoms with Crippen LogP contribution < -0.4 is 20.9 Å². The molecular formula is C13H16ClN3O2S. The summed E-state index contributed by atoms with van der Waals surface area (Å²) >= 11 is 10.9. The van der Waals surface area contributed by atoms with E-state index in [1.165, 1.54) is 0 Å². The molecule has 1 rings (SSSR count). The first-order valence-electron chi connectivity index (χ1n) is 5.90. The number of ether oxygens (including phenoxy) is 1. The van der Waals surface area contributed by atoms with Crippen molar-refractivity contribution in [3.8, 4) is 5.75 Å². The fraction of sp³-hybridized carbons (Fsp3) is 0.231. The first kappa shape index (κ1) is 16.3. The average Bonchev–Trinajstić information content (AvgIpc) is 2.44. The largest absolute Gasteiger partial charge is 0.479 e. The predicted molar refractivity (Wildman–Crippen MR) is 83.6 cm³/mol. The highest BCUT2D eigenvalue weighted by Crippen LogP contribution is 2.24. The van der Waals surface area contributed by atoms with E-state index in [-0.39, 0.29) is 5.91 Å². The highest BCUT2D eigenvalue weighted by molar-refractivity contribution is 7.80. The molecule has 0 heterocycles. The minimum atomic E-state index is -0.718. The fourth-order valence-electron chi connectivity index (χ4n) is 1.21. The number of rotatable bonds is 5. The van der Waals surface area contributed by atoms with Crippen molar-refractivity contribution in [2.45, 2.75) is 13.0 Å². The first-order valence-corrected chi connectivity index (χ1v) is 6.69. The number of amides is 1. The third kappa shape index (κ3) is 5.46. The molecule has 1 unspecified atom stereocenters. The maximum Gasteiger partial charge on any atom is 0.279 e. The molecule has 1 aromatic carbocycles. The molecule has 0 saturated carbocycles. The topological polar surface area (TPSA) is 62.4 Å². The van der Waals surface area contributed by atoms with Crippen molar-refractivity contribution in [2.75, 3.05) is 6.54 Å². The van der Waals surface area contributed by atoms with E-state index < -0.39 is 6.10 Å². The summed E-state index contributed by atoms with van der Waals surface area (Å²) in [5.41, 5.74) is 4.99. The van der Waals surface area contributed by atoms with E-state index in [9.17, 15) is 4.79 Å². The molecule has 0 aliphatic carbocycles. The highest BCUT2D eigenvalue weighted by atomic mass is 35.5. The normalized spacial score (nSPS) is 11.1. The molecule has 108 valence electrons. The van der Waals surface area contributed by atoms with Crippen LogP contribution in [-0.4, -0.2) is 23.7 Å². The van der Waals surface area contributed by atoms with Gasteiger partial charge in [-0.05, 0) is 31.3 Å². The lowest BCUT2D eigenvalue weighted by Gasteiger charge is -2.16. The molecule has 0 radical (unpaired) electrons. The van der Waals surface area contributed by atoms with Crippen molar-refractivity contribution in [1.82, 2.24) is 16.2 Å². The number of thiocarbonyl (C=S) groups is 1. The maximum atomic E-state index is 11.8. The Kier molecular flexibility index (Phi) is 6.83. The molecule has 1 amide bonds. The SMILES string of the molecule is C=CCNC(=S)NNC(=O)C(C)Oc1ccccc1Cl. The van der Waals surface area contributed by atoms with Gasteiger partial charge in [-0.1, -0.05) is 29.8 Å². The number of para-hydroxylation sites is 1. The van der Waals surface area contributed by atoms with Crippen molar-refractivity contribution in [3.63, 3.8) is 0 Å². The van der Waals surface area contributed by atoms with Gasteiger partial charge in [0.1, 0.15) is 5.75 Å². The number of carbonyl (C=O) groups excluding carboxylic acids is 1. The number of carbonyl (C=O) groups is 1. The lowest BCUT2D eigenvalue weighted by atomic mass is 10.3. The number of hydrogen-bond donors (Lipinski definition) is 3. The summed E-state index contributed by atoms with van der Waals surface area (Å²) in [5, 5.41) is 3.55. The number of hydrogen-bond acceptors (Lipinski definition) is 3. The van der Waals surface area contributed by atoms with E-state index in [1.807, 2.05) is 0 Å². The highest BCUT2D eigenvalue weighted by Gasteiger charge is 2.15. The van der Waals surface area contributed by atoms with Gasteiger partial charge in [-0.3, -0.25) is 15.6 Å². The second-order valence-electron chi connectivity index (χ2n) is 3.80. The van der Waals surface area contributed by atoms with Gasteiger partial charge in [-0.25, -0.2) is 0 Å². The second-order valence-corrected chi connectivity index (χ2v) is 4.62. The van der Waals surface area contributed by atoms with Crippen molar-refractivity contribution < 1.29 is 9.53 Å². The predicted octanol–water partition coefficient (Wildman–Crippen LogP) is 1.79. The van der Waals surface area contributed by atoms with Gasteiger partial charge in [0.2, 0.25) is 0 Å². The Labute approximate surface area is 128 Å². The van der Waals surface area contributed by atoms with Crippen molar-refractivity contribution >= 4 is 34.8 Å². The van der Waals surface area contributed by atoms with Crippen molar-refractivity contribution in [2.24, 2.45) is 0 Å². The number of hydrazine groups is 1. The molecule has 1 aromatic rings. The molecule has 5 nitrogen and oxygen atoms in total. The molecule has 3 N–H and O–H groups in total. The Morgan fingerprint density at radius 1 is 1.50 bits per heavy atom. The molecule has 0 aliphatic heterocycles. The Morgan fingerprint density at radius 2 is 2.20 bits per heavy atom. The Balaban J connectivity index is 2.41. The summed E-state index contributed by atoms with van der Waals surface area (Å²) in [6.45, 7) is 5.66. The van der Waals surface area contributed by atoms with Crippen LogP contribution in [0.3, 0.4) is 0 Å². The average molecular weight is 314 g/mol. The second kappa shape index (κ2) is 8.39. The summed E-state index contributed by atoms with van der Waals surface area (Å²) in [5.74, 6) is 0.0804. The van der Waals surface area contributed by atoms with Gasteiger partial charge < -0.3 is 10.1 Å². The summed E-state index contributed by atoms with van der Waals surface area (Å²) in [6.07, 6.45) is 0.934. The van der Waals surface area contributed by atoms with Crippen LogP contribution in [-0.2, 0) is 4.79 Å². The number of halogens is 1. The smallest absolute Gasteiger partial charge is 0.279 e. The van der Waals surface area contributed by atoms with Gasteiger partial charge in [-0.2, -0.15) is 0 Å². The molecule has 0 spiro atoms. The first-order chi connectivity index (χ1) is 9.54. The summed E-state index contributed by atoms with van der Waals surface area (Å²) in [4.78, 5) is 11.8. The number of benzene rings is 1. The van der Waals surface area contributed by atoms with Gasteiger partial charge in [0.05, 0.1) is 5.02 Å². The molecule has 20 heavy (non-hydrogen) atoms. The summed E-state index contributed by atoms with van der Waals surface area (Å²) in [6, 6.07) is 6.94. The molecule has 0 aromatic heterocycles. The van der Waals surface area contributed by atoms with E-state index in [4.69, 9.17) is 28.6 Å². The fourth-order valence-corrected chi connectivity index (χ4v) is 1.53. The third-order valence-electron chi connectivity index (χ3n) is 2.22. The standard InChI is InChI=1S/C13H16ClN3O2S/c1-3-8-15-13(20)17-16-12(18)9(2)19-11-7-5-4-6-10(11)14/h3-7,9H,1,8H2,2H3,(H,16,18)(H2,15,17,20). The van der Waals surface area contributed by atoms with E-state index in [1.54, 1.807) is 37.3 Å². The minimum Gasteiger partial charge on any atom is -0.479 e. The summed E-state index contributed by atoms with van der Waals surface area (Å²) in [7, 11) is 0. The van der Waals surface area contributed by atoms with E-state index in [0.29, 0.717) is 22.4 Å². The van der Waals surface area contributed by atoms with Crippen molar-refractivity contribution in [3.05, 3.63) is 41.9 Å². The van der Waals surface area contributed by atoms with E-state index in [2.05, 4.69) is 22.7 Å². The Morgan fingerprint density at radius 3 is 2.85 bits per heavy atom. The van der Waals surface area contributed by atoms with E-state index in [0.717, 1.165) is 0 Å². The van der Waals surface area contributed by atoms with Crippen LogP contribution in [0.2, 0.25) is 5.02 Å². The molecule has 0 fully saturated rings. The van der Waals surface area contributed by atoms with Gasteiger partial charge in [0.25, 0.3) is 5.91 Å². The molecular weight excluding hydrogens is 298 g/mol. The molecule has 7 heteroatoms. The van der Waals surface area contributed by atoms with Crippen LogP contribution in [0.15, 0.2) is 36.9 Å². The molecule has 0 aliphatic rings. The Hall–Kier alpha value is -1.79. The van der Waals surface area contributed by atoms with Gasteiger partial charge in [-0.15, -0.1) is 6.58 Å². The van der Waals surface area contributed by atoms with Crippen LogP contribution >= 0.6 is 23.8 Å². The maximum absolute atomic E-state index is 11.8. The Bertz CT molecular complexity index is 496. The van der Waals surface area contributed by atoms with Gasteiger partial charge in [0, 0.05) is 6.54 Å². The lowest BCUT2D eigenvalue weighted by molar-refractivity contribution is -0.127. The lowest BCUT2D eigenvalue weighted by Crippen LogP contribution is -2.50. The minimum absolute atomic E-state index is 0.295.